The summed E-state index contributed by atoms with van der Waals surface area (Å²) in [5, 5.41) is 1.89. The van der Waals surface area contributed by atoms with Gasteiger partial charge in [0.25, 0.3) is 0 Å². The van der Waals surface area contributed by atoms with Crippen molar-refractivity contribution in [2.24, 2.45) is 0 Å². The Bertz CT molecular complexity index is 1150. The zero-order valence-electron chi connectivity index (χ0n) is 15.8. The lowest BCUT2D eigenvalue weighted by Crippen LogP contribution is -2.45. The molecular weight excluding hydrogens is 453 g/mol. The summed E-state index contributed by atoms with van der Waals surface area (Å²) < 4.78 is 41.4. The SMILES string of the molecule is Cc1nc(Br)ccc1-n1c(=O)n(CC(=O)N[C@@H](C)C(F)(F)F)c2cccc(C)c21. The lowest BCUT2D eigenvalue weighted by molar-refractivity contribution is -0.158. The third-order valence-electron chi connectivity index (χ3n) is 4.59. The molecule has 0 saturated heterocycles. The second kappa shape index (κ2) is 7.66. The number of nitrogens with zero attached hydrogens (tertiary/aromatic N) is 3. The lowest BCUT2D eigenvalue weighted by Gasteiger charge is -2.17. The highest BCUT2D eigenvalue weighted by atomic mass is 79.9. The van der Waals surface area contributed by atoms with E-state index in [0.29, 0.717) is 27.0 Å². The van der Waals surface area contributed by atoms with Crippen molar-refractivity contribution >= 4 is 32.9 Å². The van der Waals surface area contributed by atoms with E-state index in [0.717, 1.165) is 12.5 Å². The fraction of sp³-hybridized carbons (Fsp3) is 0.316. The van der Waals surface area contributed by atoms with E-state index >= 15 is 0 Å². The van der Waals surface area contributed by atoms with Crippen LogP contribution >= 0.6 is 15.9 Å². The molecule has 2 heterocycles. The summed E-state index contributed by atoms with van der Waals surface area (Å²) in [6, 6.07) is 6.59. The van der Waals surface area contributed by atoms with Gasteiger partial charge in [0.2, 0.25) is 5.91 Å². The molecule has 1 atom stereocenters. The average molecular weight is 471 g/mol. The van der Waals surface area contributed by atoms with Gasteiger partial charge in [-0.05, 0) is 60.5 Å². The van der Waals surface area contributed by atoms with Crippen LogP contribution in [-0.4, -0.2) is 32.2 Å². The first-order valence-corrected chi connectivity index (χ1v) is 9.50. The number of para-hydroxylation sites is 1. The van der Waals surface area contributed by atoms with E-state index < -0.39 is 30.4 Å². The smallest absolute Gasteiger partial charge is 0.343 e. The molecule has 3 aromatic rings. The Kier molecular flexibility index (Phi) is 5.57. The first-order chi connectivity index (χ1) is 13.5. The number of hydrogen-bond acceptors (Lipinski definition) is 3. The van der Waals surface area contributed by atoms with E-state index in [1.165, 1.54) is 9.13 Å². The minimum Gasteiger partial charge on any atom is -0.343 e. The number of fused-ring (bicyclic) bond motifs is 1. The molecule has 1 N–H and O–H groups in total. The van der Waals surface area contributed by atoms with Crippen molar-refractivity contribution in [3.63, 3.8) is 0 Å². The molecule has 0 radical (unpaired) electrons. The maximum Gasteiger partial charge on any atom is 0.408 e. The van der Waals surface area contributed by atoms with Gasteiger partial charge in [0, 0.05) is 0 Å². The minimum atomic E-state index is -4.56. The number of imidazole rings is 1. The van der Waals surface area contributed by atoms with Crippen LogP contribution in [0.2, 0.25) is 0 Å². The number of benzene rings is 1. The molecule has 1 amide bonds. The number of pyridine rings is 1. The fourth-order valence-corrected chi connectivity index (χ4v) is 3.52. The van der Waals surface area contributed by atoms with Crippen molar-refractivity contribution in [1.29, 1.82) is 0 Å². The zero-order chi connectivity index (χ0) is 21.5. The summed E-state index contributed by atoms with van der Waals surface area (Å²) in [5.41, 5.74) is 2.38. The van der Waals surface area contributed by atoms with Crippen LogP contribution in [0.15, 0.2) is 39.7 Å². The van der Waals surface area contributed by atoms with Gasteiger partial charge in [0.1, 0.15) is 17.2 Å². The van der Waals surface area contributed by atoms with Crippen molar-refractivity contribution in [3.8, 4) is 5.69 Å². The first-order valence-electron chi connectivity index (χ1n) is 8.71. The second-order valence-corrected chi connectivity index (χ2v) is 7.53. The third kappa shape index (κ3) is 4.07. The van der Waals surface area contributed by atoms with Crippen molar-refractivity contribution in [2.45, 2.75) is 39.5 Å². The summed E-state index contributed by atoms with van der Waals surface area (Å²) in [7, 11) is 0. The summed E-state index contributed by atoms with van der Waals surface area (Å²) >= 11 is 3.28. The molecule has 3 rings (SSSR count). The second-order valence-electron chi connectivity index (χ2n) is 6.72. The average Bonchev–Trinajstić information content (AvgIpc) is 2.88. The molecule has 0 fully saturated rings. The number of hydrogen-bond donors (Lipinski definition) is 1. The van der Waals surface area contributed by atoms with E-state index in [-0.39, 0.29) is 0 Å². The molecule has 0 aliphatic rings. The Morgan fingerprint density at radius 3 is 2.55 bits per heavy atom. The number of carbonyl (C=O) groups excluding carboxylic acids is 1. The Morgan fingerprint density at radius 1 is 1.24 bits per heavy atom. The van der Waals surface area contributed by atoms with Crippen LogP contribution in [-0.2, 0) is 11.3 Å². The summed E-state index contributed by atoms with van der Waals surface area (Å²) in [4.78, 5) is 29.7. The van der Waals surface area contributed by atoms with Crippen molar-refractivity contribution in [1.82, 2.24) is 19.4 Å². The van der Waals surface area contributed by atoms with E-state index in [1.54, 1.807) is 31.2 Å². The standard InChI is InChI=1S/C19H18BrF3N4O2/c1-10-5-4-6-14-17(10)27(13-7-8-15(20)24-11(13)2)18(29)26(14)9-16(28)25-12(3)19(21,22)23/h4-8,12H,9H2,1-3H3,(H,25,28)/t12-/m0/s1. The van der Waals surface area contributed by atoms with Gasteiger partial charge in [0.05, 0.1) is 22.4 Å². The van der Waals surface area contributed by atoms with Crippen molar-refractivity contribution in [2.75, 3.05) is 0 Å². The highest BCUT2D eigenvalue weighted by Gasteiger charge is 2.37. The largest absolute Gasteiger partial charge is 0.408 e. The number of halogens is 4. The highest BCUT2D eigenvalue weighted by molar-refractivity contribution is 9.10. The normalized spacial score (nSPS) is 12.9. The monoisotopic (exact) mass is 470 g/mol. The van der Waals surface area contributed by atoms with Crippen molar-refractivity contribution in [3.05, 3.63) is 56.7 Å². The Labute approximate surface area is 172 Å². The van der Waals surface area contributed by atoms with E-state index in [2.05, 4.69) is 20.9 Å². The number of rotatable bonds is 4. The molecule has 6 nitrogen and oxygen atoms in total. The summed E-state index contributed by atoms with van der Waals surface area (Å²) in [6.45, 7) is 3.88. The number of carbonyl (C=O) groups is 1. The number of nitrogens with one attached hydrogen (secondary N) is 1. The predicted octanol–water partition coefficient (Wildman–Crippen LogP) is 3.63. The van der Waals surface area contributed by atoms with E-state index in [4.69, 9.17) is 0 Å². The molecule has 1 aromatic carbocycles. The van der Waals surface area contributed by atoms with Gasteiger partial charge in [-0.2, -0.15) is 13.2 Å². The molecule has 0 aliphatic carbocycles. The highest BCUT2D eigenvalue weighted by Crippen LogP contribution is 2.24. The lowest BCUT2D eigenvalue weighted by atomic mass is 10.2. The predicted molar refractivity (Wildman–Crippen MR) is 106 cm³/mol. The van der Waals surface area contributed by atoms with Gasteiger partial charge < -0.3 is 5.32 Å². The topological polar surface area (TPSA) is 68.9 Å². The van der Waals surface area contributed by atoms with Crippen LogP contribution in [0.4, 0.5) is 13.2 Å². The van der Waals surface area contributed by atoms with Gasteiger partial charge in [0.15, 0.2) is 0 Å². The van der Waals surface area contributed by atoms with Crippen LogP contribution < -0.4 is 11.0 Å². The molecular formula is C19H18BrF3N4O2. The van der Waals surface area contributed by atoms with Gasteiger partial charge in [-0.1, -0.05) is 12.1 Å². The molecule has 2 aromatic heterocycles. The van der Waals surface area contributed by atoms with Crippen LogP contribution in [0.5, 0.6) is 0 Å². The number of aromatic nitrogens is 3. The van der Waals surface area contributed by atoms with Gasteiger partial charge in [-0.25, -0.2) is 9.78 Å². The molecule has 0 spiro atoms. The Hall–Kier alpha value is -2.62. The summed E-state index contributed by atoms with van der Waals surface area (Å²) in [6.07, 6.45) is -4.56. The van der Waals surface area contributed by atoms with Gasteiger partial charge >= 0.3 is 11.9 Å². The zero-order valence-corrected chi connectivity index (χ0v) is 17.4. The van der Waals surface area contributed by atoms with E-state index in [9.17, 15) is 22.8 Å². The summed E-state index contributed by atoms with van der Waals surface area (Å²) in [5.74, 6) is -0.900. The first kappa shape index (κ1) is 21.1. The van der Waals surface area contributed by atoms with Gasteiger partial charge in [-0.3, -0.25) is 13.9 Å². The van der Waals surface area contributed by atoms with Crippen LogP contribution in [0.25, 0.3) is 16.7 Å². The van der Waals surface area contributed by atoms with Crippen LogP contribution in [0, 0.1) is 13.8 Å². The molecule has 29 heavy (non-hydrogen) atoms. The minimum absolute atomic E-state index is 0.451. The molecule has 0 aliphatic heterocycles. The van der Waals surface area contributed by atoms with E-state index in [1.807, 2.05) is 18.3 Å². The maximum absolute atomic E-state index is 13.2. The van der Waals surface area contributed by atoms with Gasteiger partial charge in [-0.15, -0.1) is 0 Å². The van der Waals surface area contributed by atoms with Crippen LogP contribution in [0.3, 0.4) is 0 Å². The Morgan fingerprint density at radius 2 is 1.93 bits per heavy atom. The molecule has 10 heteroatoms. The molecule has 0 saturated carbocycles. The quantitative estimate of drug-likeness (QED) is 0.591. The number of amides is 1. The van der Waals surface area contributed by atoms with Crippen LogP contribution in [0.1, 0.15) is 18.2 Å². The molecule has 154 valence electrons. The number of alkyl halides is 3. The fourth-order valence-electron chi connectivity index (χ4n) is 3.12. The Balaban J connectivity index is 2.13. The molecule has 0 unspecified atom stereocenters. The molecule has 0 bridgehead atoms. The number of aryl methyl sites for hydroxylation is 2. The maximum atomic E-state index is 13.2. The van der Waals surface area contributed by atoms with Crippen molar-refractivity contribution < 1.29 is 18.0 Å². The third-order valence-corrected chi connectivity index (χ3v) is 5.03.